The molecule has 8 nitrogen and oxygen atoms in total. The summed E-state index contributed by atoms with van der Waals surface area (Å²) in [5.74, 6) is -2.23. The highest BCUT2D eigenvalue weighted by molar-refractivity contribution is 9.10. The SMILES string of the molecule is CC(C)(C)OC(=O)N[C@H]1C[C@@H](C(F)(F)F)CN(c2ccncc2NC(=O)c2ccc3ccc(Br)cc3n2)C1. The molecule has 4 rings (SSSR count). The van der Waals surface area contributed by atoms with Crippen molar-refractivity contribution in [3.8, 4) is 0 Å². The van der Waals surface area contributed by atoms with Crippen LogP contribution in [-0.2, 0) is 4.74 Å². The molecule has 0 radical (unpaired) electrons. The molecule has 2 atom stereocenters. The Labute approximate surface area is 226 Å². The number of carbonyl (C=O) groups excluding carboxylic acids is 2. The monoisotopic (exact) mass is 593 g/mol. The molecular weight excluding hydrogens is 567 g/mol. The number of piperidine rings is 1. The van der Waals surface area contributed by atoms with E-state index in [4.69, 9.17) is 4.74 Å². The molecule has 2 amide bonds. The summed E-state index contributed by atoms with van der Waals surface area (Å²) in [6, 6.07) is 9.55. The molecule has 2 aromatic heterocycles. The Morgan fingerprint density at radius 1 is 1.11 bits per heavy atom. The molecule has 1 aliphatic heterocycles. The number of pyridine rings is 2. The highest BCUT2D eigenvalue weighted by Gasteiger charge is 2.45. The molecule has 202 valence electrons. The largest absolute Gasteiger partial charge is 0.444 e. The van der Waals surface area contributed by atoms with Crippen LogP contribution in [0.2, 0.25) is 0 Å². The third-order valence-corrected chi connectivity index (χ3v) is 6.40. The van der Waals surface area contributed by atoms with E-state index in [1.54, 1.807) is 39.0 Å². The number of hydrogen-bond donors (Lipinski definition) is 2. The molecule has 1 saturated heterocycles. The maximum Gasteiger partial charge on any atom is 0.407 e. The lowest BCUT2D eigenvalue weighted by Gasteiger charge is -2.40. The van der Waals surface area contributed by atoms with Gasteiger partial charge in [-0.2, -0.15) is 13.2 Å². The number of amides is 2. The van der Waals surface area contributed by atoms with Gasteiger partial charge in [0.1, 0.15) is 11.3 Å². The van der Waals surface area contributed by atoms with E-state index in [1.807, 2.05) is 12.1 Å². The molecule has 1 aliphatic rings. The zero-order chi connectivity index (χ0) is 27.7. The Bertz CT molecular complexity index is 1350. The number of halogens is 4. The van der Waals surface area contributed by atoms with Gasteiger partial charge in [0.25, 0.3) is 5.91 Å². The predicted molar refractivity (Wildman–Crippen MR) is 141 cm³/mol. The number of ether oxygens (including phenoxy) is 1. The number of fused-ring (bicyclic) bond motifs is 1. The van der Waals surface area contributed by atoms with Gasteiger partial charge >= 0.3 is 12.3 Å². The first-order chi connectivity index (χ1) is 17.8. The van der Waals surface area contributed by atoms with Gasteiger partial charge < -0.3 is 20.3 Å². The molecule has 3 aromatic rings. The standard InChI is InChI=1S/C26H27BrF3N5O3/c1-25(2,3)38-24(37)32-18-10-16(26(28,29)30)13-35(14-18)22-8-9-31-12-21(22)34-23(36)19-7-5-15-4-6-17(27)11-20(15)33-19/h4-9,11-12,16,18H,10,13-14H2,1-3H3,(H,32,37)(H,34,36)/t16-,18+/m1/s1. The number of rotatable bonds is 4. The van der Waals surface area contributed by atoms with Gasteiger partial charge in [-0.15, -0.1) is 0 Å². The van der Waals surface area contributed by atoms with Crippen LogP contribution in [0.3, 0.4) is 0 Å². The zero-order valence-corrected chi connectivity index (χ0v) is 22.6. The first-order valence-electron chi connectivity index (χ1n) is 11.9. The topological polar surface area (TPSA) is 96.5 Å². The second-order valence-electron chi connectivity index (χ2n) is 10.1. The van der Waals surface area contributed by atoms with Gasteiger partial charge in [0.2, 0.25) is 0 Å². The molecule has 12 heteroatoms. The average molecular weight is 594 g/mol. The number of aromatic nitrogens is 2. The van der Waals surface area contributed by atoms with E-state index in [0.717, 1.165) is 9.86 Å². The molecule has 0 saturated carbocycles. The fourth-order valence-corrected chi connectivity index (χ4v) is 4.62. The van der Waals surface area contributed by atoms with Crippen molar-refractivity contribution in [1.82, 2.24) is 15.3 Å². The number of alkyl carbamates (subject to hydrolysis) is 1. The second-order valence-corrected chi connectivity index (χ2v) is 11.0. The summed E-state index contributed by atoms with van der Waals surface area (Å²) >= 11 is 3.39. The third-order valence-electron chi connectivity index (χ3n) is 5.91. The van der Waals surface area contributed by atoms with Crippen LogP contribution in [0.15, 0.2) is 53.3 Å². The summed E-state index contributed by atoms with van der Waals surface area (Å²) < 4.78 is 47.6. The van der Waals surface area contributed by atoms with Crippen LogP contribution in [-0.4, -0.2) is 52.9 Å². The van der Waals surface area contributed by atoms with Crippen LogP contribution < -0.4 is 15.5 Å². The number of nitrogens with zero attached hydrogens (tertiary/aromatic N) is 3. The van der Waals surface area contributed by atoms with E-state index < -0.39 is 35.7 Å². The molecule has 0 unspecified atom stereocenters. The lowest BCUT2D eigenvalue weighted by molar-refractivity contribution is -0.177. The van der Waals surface area contributed by atoms with Gasteiger partial charge in [-0.05, 0) is 51.5 Å². The molecule has 2 N–H and O–H groups in total. The minimum Gasteiger partial charge on any atom is -0.444 e. The second kappa shape index (κ2) is 10.8. The van der Waals surface area contributed by atoms with Gasteiger partial charge in [0.05, 0.1) is 35.0 Å². The van der Waals surface area contributed by atoms with Gasteiger partial charge in [0, 0.05) is 29.1 Å². The van der Waals surface area contributed by atoms with E-state index in [-0.39, 0.29) is 30.9 Å². The third kappa shape index (κ3) is 6.91. The Kier molecular flexibility index (Phi) is 7.82. The lowest BCUT2D eigenvalue weighted by atomic mass is 9.93. The average Bonchev–Trinajstić information content (AvgIpc) is 2.82. The normalized spacial score (nSPS) is 18.2. The quantitative estimate of drug-likeness (QED) is 0.389. The smallest absolute Gasteiger partial charge is 0.407 e. The van der Waals surface area contributed by atoms with Crippen molar-refractivity contribution in [2.75, 3.05) is 23.3 Å². The Balaban J connectivity index is 1.57. The molecule has 38 heavy (non-hydrogen) atoms. The first kappa shape index (κ1) is 27.6. The van der Waals surface area contributed by atoms with Crippen LogP contribution in [0.4, 0.5) is 29.3 Å². The first-order valence-corrected chi connectivity index (χ1v) is 12.7. The van der Waals surface area contributed by atoms with Crippen molar-refractivity contribution in [2.45, 2.75) is 45.0 Å². The van der Waals surface area contributed by atoms with E-state index in [1.165, 1.54) is 23.4 Å². The van der Waals surface area contributed by atoms with Crippen LogP contribution in [0.1, 0.15) is 37.7 Å². The molecule has 0 bridgehead atoms. The van der Waals surface area contributed by atoms with Gasteiger partial charge in [-0.1, -0.05) is 28.1 Å². The number of alkyl halides is 3. The Hall–Kier alpha value is -3.41. The summed E-state index contributed by atoms with van der Waals surface area (Å²) in [5, 5.41) is 6.15. The Morgan fingerprint density at radius 2 is 1.84 bits per heavy atom. The van der Waals surface area contributed by atoms with Gasteiger partial charge in [-0.3, -0.25) is 9.78 Å². The molecule has 0 spiro atoms. The van der Waals surface area contributed by atoms with Crippen molar-refractivity contribution in [3.63, 3.8) is 0 Å². The lowest BCUT2D eigenvalue weighted by Crippen LogP contribution is -2.54. The molecule has 1 aromatic carbocycles. The summed E-state index contributed by atoms with van der Waals surface area (Å²) in [5.41, 5.74) is 0.534. The van der Waals surface area contributed by atoms with Gasteiger partial charge in [0.15, 0.2) is 0 Å². The van der Waals surface area contributed by atoms with Gasteiger partial charge in [-0.25, -0.2) is 9.78 Å². The number of carbonyl (C=O) groups is 2. The molecule has 0 aliphatic carbocycles. The number of nitrogens with one attached hydrogen (secondary N) is 2. The van der Waals surface area contributed by atoms with Crippen LogP contribution in [0.5, 0.6) is 0 Å². The number of benzene rings is 1. The maximum atomic E-state index is 13.8. The summed E-state index contributed by atoms with van der Waals surface area (Å²) in [6.07, 6.45) is -2.75. The van der Waals surface area contributed by atoms with Crippen molar-refractivity contribution in [2.24, 2.45) is 5.92 Å². The molecule has 1 fully saturated rings. The zero-order valence-electron chi connectivity index (χ0n) is 21.0. The minimum atomic E-state index is -4.48. The summed E-state index contributed by atoms with van der Waals surface area (Å²) in [4.78, 5) is 35.3. The maximum absolute atomic E-state index is 13.8. The van der Waals surface area contributed by atoms with Crippen molar-refractivity contribution in [1.29, 1.82) is 0 Å². The fraction of sp³-hybridized carbons (Fsp3) is 0.385. The van der Waals surface area contributed by atoms with E-state index in [9.17, 15) is 22.8 Å². The summed E-state index contributed by atoms with van der Waals surface area (Å²) in [6.45, 7) is 4.76. The predicted octanol–water partition coefficient (Wildman–Crippen LogP) is 5.93. The van der Waals surface area contributed by atoms with Crippen LogP contribution in [0, 0.1) is 5.92 Å². The van der Waals surface area contributed by atoms with E-state index in [2.05, 4.69) is 36.5 Å². The van der Waals surface area contributed by atoms with E-state index >= 15 is 0 Å². The molecular formula is C26H27BrF3N5O3. The highest BCUT2D eigenvalue weighted by Crippen LogP contribution is 2.37. The van der Waals surface area contributed by atoms with Crippen molar-refractivity contribution < 1.29 is 27.5 Å². The number of anilines is 2. The summed E-state index contributed by atoms with van der Waals surface area (Å²) in [7, 11) is 0. The molecule has 3 heterocycles. The van der Waals surface area contributed by atoms with Crippen molar-refractivity contribution >= 4 is 50.2 Å². The fourth-order valence-electron chi connectivity index (χ4n) is 4.27. The van der Waals surface area contributed by atoms with Crippen molar-refractivity contribution in [3.05, 3.63) is 59.0 Å². The van der Waals surface area contributed by atoms with E-state index in [0.29, 0.717) is 11.2 Å². The van der Waals surface area contributed by atoms with Crippen LogP contribution in [0.25, 0.3) is 10.9 Å². The minimum absolute atomic E-state index is 0.0843. The Morgan fingerprint density at radius 3 is 2.55 bits per heavy atom. The number of hydrogen-bond acceptors (Lipinski definition) is 6. The highest BCUT2D eigenvalue weighted by atomic mass is 79.9. The van der Waals surface area contributed by atoms with Crippen LogP contribution >= 0.6 is 15.9 Å².